The Morgan fingerprint density at radius 2 is 1.22 bits per heavy atom. The summed E-state index contributed by atoms with van der Waals surface area (Å²) in [5.74, 6) is 0.661. The maximum absolute atomic E-state index is 3.26. The molecule has 0 bridgehead atoms. The summed E-state index contributed by atoms with van der Waals surface area (Å²) >= 11 is 1.46. The molecule has 0 spiro atoms. The van der Waals surface area contributed by atoms with Crippen molar-refractivity contribution in [3.63, 3.8) is 0 Å². The quantitative estimate of drug-likeness (QED) is 0.194. The van der Waals surface area contributed by atoms with E-state index in [9.17, 15) is 0 Å². The summed E-state index contributed by atoms with van der Waals surface area (Å²) in [6, 6.07) is 36.7. The molecule has 1 aliphatic rings. The molecule has 0 amide bonds. The van der Waals surface area contributed by atoms with Gasteiger partial charge in [0.2, 0.25) is 0 Å². The van der Waals surface area contributed by atoms with Gasteiger partial charge in [-0.1, -0.05) is 55.2 Å². The van der Waals surface area contributed by atoms with E-state index < -0.39 is 0 Å². The fourth-order valence-electron chi connectivity index (χ4n) is 4.46. The zero-order valence-corrected chi connectivity index (χ0v) is 24.7. The van der Waals surface area contributed by atoms with E-state index in [0.29, 0.717) is 5.92 Å². The van der Waals surface area contributed by atoms with E-state index in [1.165, 1.54) is 76.8 Å². The predicted molar refractivity (Wildman–Crippen MR) is 158 cm³/mol. The van der Waals surface area contributed by atoms with E-state index in [-0.39, 0.29) is 0 Å². The molecular formula is C36H34Zr. The van der Waals surface area contributed by atoms with Gasteiger partial charge in [-0.15, -0.1) is 46.2 Å². The second-order valence-electron chi connectivity index (χ2n) is 9.83. The molecule has 0 N–H and O–H groups in total. The van der Waals surface area contributed by atoms with Gasteiger partial charge in [-0.25, -0.2) is 11.6 Å². The van der Waals surface area contributed by atoms with Gasteiger partial charge in [0.1, 0.15) is 0 Å². The van der Waals surface area contributed by atoms with Gasteiger partial charge in [-0.05, 0) is 13.8 Å². The summed E-state index contributed by atoms with van der Waals surface area (Å²) in [7, 11) is 0. The standard InChI is InChI=1S/C15H13.C13H10.C8H11.Zr/c1-10-3-5-14-12(7-10)9-13-8-11(2)4-6-15(13)14;1-3-7-12(8-4-1)11-13-9-5-2-6-10-13;1-7(2)8-5-3-4-6-8;/h3-9H,1-2H3;1-10H;3,5,7H,4H2,1-2H3;/q-1;;-1;+2. The van der Waals surface area contributed by atoms with Gasteiger partial charge in [-0.3, -0.25) is 6.08 Å². The third-order valence-corrected chi connectivity index (χ3v) is 7.90. The molecular weight excluding hydrogens is 524 g/mol. The average molecular weight is 558 g/mol. The Morgan fingerprint density at radius 3 is 1.59 bits per heavy atom. The van der Waals surface area contributed by atoms with Crippen LogP contribution >= 0.6 is 0 Å². The second-order valence-corrected chi connectivity index (χ2v) is 11.1. The van der Waals surface area contributed by atoms with Crippen LogP contribution in [0.1, 0.15) is 42.5 Å². The van der Waals surface area contributed by atoms with Crippen molar-refractivity contribution in [3.05, 3.63) is 149 Å². The van der Waals surface area contributed by atoms with E-state index in [1.807, 2.05) is 0 Å². The Bertz CT molecular complexity index is 1430. The van der Waals surface area contributed by atoms with Crippen LogP contribution in [0.2, 0.25) is 0 Å². The van der Waals surface area contributed by atoms with Crippen LogP contribution in [0, 0.1) is 25.8 Å². The van der Waals surface area contributed by atoms with E-state index in [2.05, 4.69) is 149 Å². The van der Waals surface area contributed by atoms with Gasteiger partial charge in [0.05, 0.1) is 0 Å². The number of hydrogen-bond acceptors (Lipinski definition) is 0. The minimum absolute atomic E-state index is 0.661. The van der Waals surface area contributed by atoms with Gasteiger partial charge in [0.25, 0.3) is 0 Å². The molecule has 6 rings (SSSR count). The number of rotatable bonds is 3. The predicted octanol–water partition coefficient (Wildman–Crippen LogP) is 9.46. The molecule has 0 aromatic heterocycles. The molecule has 0 saturated carbocycles. The minimum atomic E-state index is 0.661. The normalized spacial score (nSPS) is 12.1. The third kappa shape index (κ3) is 7.27. The summed E-state index contributed by atoms with van der Waals surface area (Å²) in [6.07, 6.45) is 8.59. The summed E-state index contributed by atoms with van der Waals surface area (Å²) < 4.78 is 1.42. The second kappa shape index (κ2) is 13.0. The van der Waals surface area contributed by atoms with Crippen molar-refractivity contribution in [1.82, 2.24) is 0 Å². The maximum atomic E-state index is 3.26. The van der Waals surface area contributed by atoms with E-state index in [1.54, 1.807) is 0 Å². The molecule has 0 saturated heterocycles. The Hall–Kier alpha value is -3.02. The molecule has 0 heterocycles. The summed E-state index contributed by atoms with van der Waals surface area (Å²) in [6.45, 7) is 8.67. The first-order valence-corrected chi connectivity index (χ1v) is 14.2. The zero-order chi connectivity index (χ0) is 26.2. The van der Waals surface area contributed by atoms with Crippen LogP contribution in [0.25, 0.3) is 21.5 Å². The van der Waals surface area contributed by atoms with Crippen LogP contribution in [-0.4, -0.2) is 3.21 Å². The van der Waals surface area contributed by atoms with Gasteiger partial charge in [0.15, 0.2) is 0 Å². The molecule has 1 heteroatoms. The fourth-order valence-corrected chi connectivity index (χ4v) is 5.28. The monoisotopic (exact) mass is 556 g/mol. The van der Waals surface area contributed by atoms with Crippen LogP contribution in [0.3, 0.4) is 0 Å². The van der Waals surface area contributed by atoms with Gasteiger partial charge in [0, 0.05) is 0 Å². The number of benzene rings is 4. The van der Waals surface area contributed by atoms with Gasteiger partial charge < -0.3 is 0 Å². The molecule has 5 aromatic carbocycles. The number of aryl methyl sites for hydroxylation is 2. The first-order chi connectivity index (χ1) is 17.9. The van der Waals surface area contributed by atoms with E-state index in [4.69, 9.17) is 0 Å². The van der Waals surface area contributed by atoms with Crippen molar-refractivity contribution in [2.75, 3.05) is 0 Å². The van der Waals surface area contributed by atoms with Crippen LogP contribution in [0.4, 0.5) is 0 Å². The van der Waals surface area contributed by atoms with Crippen molar-refractivity contribution in [1.29, 1.82) is 0 Å². The summed E-state index contributed by atoms with van der Waals surface area (Å²) in [4.78, 5) is 0. The Morgan fingerprint density at radius 1 is 0.730 bits per heavy atom. The van der Waals surface area contributed by atoms with Crippen LogP contribution in [-0.2, 0) is 24.2 Å². The van der Waals surface area contributed by atoms with Gasteiger partial charge in [-0.2, -0.15) is 6.08 Å². The molecule has 0 nitrogen and oxygen atoms in total. The zero-order valence-electron chi connectivity index (χ0n) is 22.3. The van der Waals surface area contributed by atoms with Crippen molar-refractivity contribution >= 4 is 24.8 Å². The molecule has 0 aliphatic heterocycles. The van der Waals surface area contributed by atoms with Crippen LogP contribution in [0.5, 0.6) is 0 Å². The molecule has 0 unspecified atom stereocenters. The fraction of sp³-hybridized carbons (Fsp3) is 0.167. The van der Waals surface area contributed by atoms with Crippen molar-refractivity contribution < 1.29 is 24.2 Å². The Labute approximate surface area is 237 Å². The first-order valence-electron chi connectivity index (χ1n) is 13.0. The average Bonchev–Trinajstić information content (AvgIpc) is 3.58. The molecule has 182 valence electrons. The van der Waals surface area contributed by atoms with Gasteiger partial charge >= 0.3 is 99.2 Å². The first kappa shape index (κ1) is 27.0. The third-order valence-electron chi connectivity index (χ3n) is 6.48. The van der Waals surface area contributed by atoms with Crippen molar-refractivity contribution in [2.24, 2.45) is 5.92 Å². The molecule has 37 heavy (non-hydrogen) atoms. The topological polar surface area (TPSA) is 0 Å². The number of fused-ring (bicyclic) bond motifs is 3. The Kier molecular flexibility index (Phi) is 9.48. The van der Waals surface area contributed by atoms with E-state index >= 15 is 0 Å². The van der Waals surface area contributed by atoms with Crippen LogP contribution in [0.15, 0.2) is 121 Å². The molecule has 5 aromatic rings. The van der Waals surface area contributed by atoms with Crippen LogP contribution < -0.4 is 0 Å². The van der Waals surface area contributed by atoms with Crippen molar-refractivity contribution in [3.8, 4) is 0 Å². The number of allylic oxidation sites excluding steroid dienone is 4. The molecule has 0 atom stereocenters. The Balaban J connectivity index is 0.000000136. The SMILES string of the molecule is CC(C)C1=[C-]CC=C1.Cc1ccc2c(c1)[cH-]c1cc(C)ccc12.[Zr+2]=[C](c1ccccc1)c1ccccc1. The number of hydrogen-bond donors (Lipinski definition) is 0. The molecule has 1 aliphatic carbocycles. The molecule has 0 fully saturated rings. The summed E-state index contributed by atoms with van der Waals surface area (Å²) in [5.41, 5.74) is 6.68. The van der Waals surface area contributed by atoms with E-state index in [0.717, 1.165) is 6.42 Å². The molecule has 0 radical (unpaired) electrons. The van der Waals surface area contributed by atoms with Crippen molar-refractivity contribution in [2.45, 2.75) is 34.1 Å². The summed E-state index contributed by atoms with van der Waals surface area (Å²) in [5, 5.41) is 5.46.